The number of aliphatic carboxylic acids is 2. The quantitative estimate of drug-likeness (QED) is 0.183. The molecule has 0 radical (unpaired) electrons. The Morgan fingerprint density at radius 3 is 1.62 bits per heavy atom. The molecule has 4 nitrogen and oxygen atoms in total. The number of carboxylic acids is 2. The Kier molecular flexibility index (Phi) is 13.8. The molecule has 2 N–H and O–H groups in total. The van der Waals surface area contributed by atoms with Gasteiger partial charge in [-0.2, -0.15) is 0 Å². The summed E-state index contributed by atoms with van der Waals surface area (Å²) in [6.45, 7) is 2.26. The van der Waals surface area contributed by atoms with Crippen LogP contribution in [0, 0.1) is 11.3 Å². The zero-order chi connectivity index (χ0) is 21.4. The van der Waals surface area contributed by atoms with Crippen LogP contribution < -0.4 is 0 Å². The van der Waals surface area contributed by atoms with Crippen LogP contribution in [0.3, 0.4) is 0 Å². The van der Waals surface area contributed by atoms with Crippen LogP contribution in [0.5, 0.6) is 0 Å². The number of unbranched alkanes of at least 4 members (excludes halogenated alkanes) is 14. The predicted octanol–water partition coefficient (Wildman–Crippen LogP) is 7.37. The van der Waals surface area contributed by atoms with E-state index >= 15 is 0 Å². The van der Waals surface area contributed by atoms with Crippen LogP contribution in [0.4, 0.5) is 0 Å². The van der Waals surface area contributed by atoms with Crippen molar-refractivity contribution in [3.8, 4) is 0 Å². The molecule has 0 aromatic carbocycles. The fraction of sp³-hybridized carbons (Fsp3) is 0.840. The molecule has 2 atom stereocenters. The van der Waals surface area contributed by atoms with Gasteiger partial charge in [-0.15, -0.1) is 0 Å². The molecule has 0 heterocycles. The van der Waals surface area contributed by atoms with Crippen LogP contribution in [0.15, 0.2) is 12.2 Å². The van der Waals surface area contributed by atoms with Gasteiger partial charge in [0, 0.05) is 0 Å². The number of carboxylic acid groups (broad SMARTS) is 2. The first-order chi connectivity index (χ1) is 14.0. The van der Waals surface area contributed by atoms with Crippen molar-refractivity contribution < 1.29 is 19.8 Å². The first-order valence-electron chi connectivity index (χ1n) is 12.2. The summed E-state index contributed by atoms with van der Waals surface area (Å²) in [7, 11) is 0. The van der Waals surface area contributed by atoms with Gasteiger partial charge >= 0.3 is 11.9 Å². The monoisotopic (exact) mass is 408 g/mol. The van der Waals surface area contributed by atoms with E-state index in [1.54, 1.807) is 0 Å². The van der Waals surface area contributed by atoms with Crippen molar-refractivity contribution in [2.45, 2.75) is 122 Å². The standard InChI is InChI=1S/C25H44O4/c1-2-3-4-5-6-7-8-9-10-11-12-13-14-15-17-20-25(24(28)29)21-18-16-19-22(25)23(26)27/h16,18,22H,2-15,17,19-21H2,1H3,(H,26,27)(H,28,29). The first-order valence-corrected chi connectivity index (χ1v) is 12.2. The molecule has 29 heavy (non-hydrogen) atoms. The van der Waals surface area contributed by atoms with Crippen LogP contribution >= 0.6 is 0 Å². The molecule has 2 unspecified atom stereocenters. The SMILES string of the molecule is CCCCCCCCCCCCCCCCCC1(C(=O)O)CC=CCC1C(=O)O. The molecule has 1 rings (SSSR count). The van der Waals surface area contributed by atoms with Gasteiger partial charge in [0.05, 0.1) is 11.3 Å². The Morgan fingerprint density at radius 1 is 0.759 bits per heavy atom. The Hall–Kier alpha value is -1.32. The predicted molar refractivity (Wildman–Crippen MR) is 119 cm³/mol. The largest absolute Gasteiger partial charge is 0.481 e. The highest BCUT2D eigenvalue weighted by atomic mass is 16.4. The minimum Gasteiger partial charge on any atom is -0.481 e. The van der Waals surface area contributed by atoms with Crippen molar-refractivity contribution in [3.63, 3.8) is 0 Å². The molecule has 0 aliphatic heterocycles. The molecular formula is C25H44O4. The van der Waals surface area contributed by atoms with Gasteiger partial charge < -0.3 is 10.2 Å². The molecule has 0 aromatic rings. The lowest BCUT2D eigenvalue weighted by atomic mass is 9.66. The Balaban J connectivity index is 2.05. The lowest BCUT2D eigenvalue weighted by Gasteiger charge is -2.36. The molecule has 168 valence electrons. The maximum Gasteiger partial charge on any atom is 0.310 e. The van der Waals surface area contributed by atoms with Crippen LogP contribution in [0.2, 0.25) is 0 Å². The normalized spacial score (nSPS) is 21.3. The number of hydrogen-bond donors (Lipinski definition) is 2. The van der Waals surface area contributed by atoms with E-state index < -0.39 is 23.3 Å². The third-order valence-electron chi connectivity index (χ3n) is 6.64. The summed E-state index contributed by atoms with van der Waals surface area (Å²) >= 11 is 0. The highest BCUT2D eigenvalue weighted by Gasteiger charge is 2.48. The number of rotatable bonds is 18. The van der Waals surface area contributed by atoms with Crippen molar-refractivity contribution >= 4 is 11.9 Å². The van der Waals surface area contributed by atoms with E-state index in [9.17, 15) is 19.8 Å². The van der Waals surface area contributed by atoms with Gasteiger partial charge in [-0.1, -0.05) is 115 Å². The molecule has 1 aliphatic carbocycles. The molecule has 0 bridgehead atoms. The second kappa shape index (κ2) is 15.5. The van der Waals surface area contributed by atoms with E-state index in [-0.39, 0.29) is 0 Å². The average Bonchev–Trinajstić information content (AvgIpc) is 2.70. The maximum atomic E-state index is 11.9. The lowest BCUT2D eigenvalue weighted by molar-refractivity contribution is -0.163. The average molecular weight is 409 g/mol. The summed E-state index contributed by atoms with van der Waals surface area (Å²) in [6, 6.07) is 0. The minimum absolute atomic E-state index is 0.334. The second-order valence-corrected chi connectivity index (χ2v) is 8.96. The lowest BCUT2D eigenvalue weighted by Crippen LogP contribution is -2.43. The first kappa shape index (κ1) is 25.7. The summed E-state index contributed by atoms with van der Waals surface area (Å²) in [4.78, 5) is 23.4. The van der Waals surface area contributed by atoms with Gasteiger partial charge in [0.1, 0.15) is 0 Å². The second-order valence-electron chi connectivity index (χ2n) is 8.96. The van der Waals surface area contributed by atoms with Crippen molar-refractivity contribution in [2.24, 2.45) is 11.3 Å². The highest BCUT2D eigenvalue weighted by Crippen LogP contribution is 2.43. The smallest absolute Gasteiger partial charge is 0.310 e. The van der Waals surface area contributed by atoms with Crippen molar-refractivity contribution in [1.82, 2.24) is 0 Å². The summed E-state index contributed by atoms with van der Waals surface area (Å²) in [5.41, 5.74) is -1.11. The molecule has 4 heteroatoms. The maximum absolute atomic E-state index is 11.9. The highest BCUT2D eigenvalue weighted by molar-refractivity contribution is 5.84. The molecule has 1 aliphatic rings. The Labute approximate surface area is 178 Å². The third-order valence-corrected chi connectivity index (χ3v) is 6.64. The number of hydrogen-bond acceptors (Lipinski definition) is 2. The van der Waals surface area contributed by atoms with Gasteiger partial charge in [-0.25, -0.2) is 0 Å². The fourth-order valence-corrected chi connectivity index (χ4v) is 4.66. The molecule has 0 fully saturated rings. The van der Waals surface area contributed by atoms with Crippen LogP contribution in [0.1, 0.15) is 122 Å². The van der Waals surface area contributed by atoms with Gasteiger partial charge in [0.25, 0.3) is 0 Å². The molecule has 0 amide bonds. The Bertz CT molecular complexity index is 485. The van der Waals surface area contributed by atoms with Crippen molar-refractivity contribution in [2.75, 3.05) is 0 Å². The van der Waals surface area contributed by atoms with Crippen molar-refractivity contribution in [1.29, 1.82) is 0 Å². The molecule has 0 spiro atoms. The van der Waals surface area contributed by atoms with E-state index in [1.807, 2.05) is 12.2 Å². The van der Waals surface area contributed by atoms with Crippen LogP contribution in [-0.2, 0) is 9.59 Å². The molecule has 0 saturated carbocycles. The van der Waals surface area contributed by atoms with Gasteiger partial charge in [0.2, 0.25) is 0 Å². The zero-order valence-corrected chi connectivity index (χ0v) is 18.7. The fourth-order valence-electron chi connectivity index (χ4n) is 4.66. The Morgan fingerprint density at radius 2 is 1.21 bits per heavy atom. The van der Waals surface area contributed by atoms with E-state index in [4.69, 9.17) is 0 Å². The summed E-state index contributed by atoms with van der Waals surface area (Å²) in [6.07, 6.45) is 23.9. The van der Waals surface area contributed by atoms with E-state index in [1.165, 1.54) is 77.0 Å². The zero-order valence-electron chi connectivity index (χ0n) is 18.7. The van der Waals surface area contributed by atoms with Gasteiger partial charge in [-0.05, 0) is 19.3 Å². The minimum atomic E-state index is -1.11. The van der Waals surface area contributed by atoms with Crippen LogP contribution in [-0.4, -0.2) is 22.2 Å². The topological polar surface area (TPSA) is 74.6 Å². The molecule has 0 saturated heterocycles. The van der Waals surface area contributed by atoms with Gasteiger partial charge in [0.15, 0.2) is 0 Å². The van der Waals surface area contributed by atoms with E-state index in [2.05, 4.69) is 6.92 Å². The number of allylic oxidation sites excluding steroid dienone is 2. The molecular weight excluding hydrogens is 364 g/mol. The van der Waals surface area contributed by atoms with E-state index in [0.717, 1.165) is 19.3 Å². The van der Waals surface area contributed by atoms with Crippen LogP contribution in [0.25, 0.3) is 0 Å². The summed E-state index contributed by atoms with van der Waals surface area (Å²) in [5.74, 6) is -2.71. The third kappa shape index (κ3) is 9.82. The van der Waals surface area contributed by atoms with E-state index in [0.29, 0.717) is 19.3 Å². The van der Waals surface area contributed by atoms with Gasteiger partial charge in [-0.3, -0.25) is 9.59 Å². The van der Waals surface area contributed by atoms with Crippen molar-refractivity contribution in [3.05, 3.63) is 12.2 Å². The summed E-state index contributed by atoms with van der Waals surface area (Å²) in [5, 5.41) is 19.2. The summed E-state index contributed by atoms with van der Waals surface area (Å²) < 4.78 is 0. The molecule has 0 aromatic heterocycles. The number of carbonyl (C=O) groups is 2.